The van der Waals surface area contributed by atoms with Crippen molar-refractivity contribution in [2.24, 2.45) is 0 Å². The number of benzene rings is 2. The summed E-state index contributed by atoms with van der Waals surface area (Å²) in [5.74, 6) is -0.546. The minimum absolute atomic E-state index is 0.229. The molecule has 2 atom stereocenters. The molecule has 148 valence electrons. The minimum atomic E-state index is -0.821. The second kappa shape index (κ2) is 8.54. The van der Waals surface area contributed by atoms with E-state index in [9.17, 15) is 19.8 Å². The lowest BCUT2D eigenvalue weighted by Gasteiger charge is -2.26. The Hall–Kier alpha value is -2.70. The van der Waals surface area contributed by atoms with E-state index in [1.807, 2.05) is 13.8 Å². The molecule has 1 aliphatic rings. The van der Waals surface area contributed by atoms with Crippen LogP contribution in [0.15, 0.2) is 36.4 Å². The largest absolute Gasteiger partial charge is 0.374 e. The molecule has 6 heteroatoms. The van der Waals surface area contributed by atoms with Crippen molar-refractivity contribution in [1.29, 1.82) is 0 Å². The Labute approximate surface area is 164 Å². The van der Waals surface area contributed by atoms with Crippen molar-refractivity contribution in [2.45, 2.75) is 52.0 Å². The fraction of sp³-hybridized carbons (Fsp3) is 0.364. The highest BCUT2D eigenvalue weighted by Gasteiger charge is 2.34. The number of rotatable bonds is 8. The molecule has 2 aromatic rings. The number of hydrogen-bond acceptors (Lipinski definition) is 6. The van der Waals surface area contributed by atoms with Crippen LogP contribution in [0, 0.1) is 0 Å². The average molecular weight is 382 g/mol. The molecule has 0 fully saturated rings. The second-order valence-electron chi connectivity index (χ2n) is 7.01. The normalized spacial score (nSPS) is 14.9. The summed E-state index contributed by atoms with van der Waals surface area (Å²) in [5.41, 5.74) is 1.98. The van der Waals surface area contributed by atoms with Gasteiger partial charge in [-0.05, 0) is 25.0 Å². The molecule has 0 heterocycles. The number of aliphatic hydroxyl groups is 2. The van der Waals surface area contributed by atoms with Crippen LogP contribution in [-0.4, -0.2) is 34.2 Å². The maximum Gasteiger partial charge on any atom is 0.196 e. The number of nitrogens with one attached hydrogen (secondary N) is 2. The van der Waals surface area contributed by atoms with Crippen LogP contribution in [0.3, 0.4) is 0 Å². The first kappa shape index (κ1) is 20.0. The molecule has 2 aromatic carbocycles. The highest BCUT2D eigenvalue weighted by molar-refractivity contribution is 6.31. The quantitative estimate of drug-likeness (QED) is 0.445. The maximum atomic E-state index is 13.2. The van der Waals surface area contributed by atoms with E-state index < -0.39 is 12.5 Å². The Balaban J connectivity index is 2.12. The summed E-state index contributed by atoms with van der Waals surface area (Å²) >= 11 is 0. The van der Waals surface area contributed by atoms with Gasteiger partial charge in [0, 0.05) is 22.5 Å². The van der Waals surface area contributed by atoms with Crippen LogP contribution in [0.1, 0.15) is 71.4 Å². The number of aliphatic hydroxyl groups excluding tert-OH is 2. The van der Waals surface area contributed by atoms with Gasteiger partial charge in [0.05, 0.1) is 11.1 Å². The third-order valence-corrected chi connectivity index (χ3v) is 4.84. The summed E-state index contributed by atoms with van der Waals surface area (Å²) in [4.78, 5) is 26.4. The Bertz CT molecular complexity index is 822. The van der Waals surface area contributed by atoms with Gasteiger partial charge in [-0.1, -0.05) is 51.0 Å². The molecule has 0 amide bonds. The summed E-state index contributed by atoms with van der Waals surface area (Å²) < 4.78 is 0. The molecular formula is C22H26N2O4. The lowest BCUT2D eigenvalue weighted by Crippen LogP contribution is -2.28. The SMILES string of the molecule is CCCC(O)Nc1ccc(NC(O)CCC)c2c1C(=O)c1ccccc1C2=O. The van der Waals surface area contributed by atoms with Gasteiger partial charge in [-0.15, -0.1) is 0 Å². The molecule has 0 aliphatic heterocycles. The molecule has 2 unspecified atom stereocenters. The lowest BCUT2D eigenvalue weighted by molar-refractivity contribution is 0.0979. The fourth-order valence-corrected chi connectivity index (χ4v) is 3.51. The van der Waals surface area contributed by atoms with Crippen LogP contribution in [0.4, 0.5) is 11.4 Å². The fourth-order valence-electron chi connectivity index (χ4n) is 3.51. The predicted octanol–water partition coefficient (Wildman–Crippen LogP) is 3.52. The molecule has 4 N–H and O–H groups in total. The summed E-state index contributed by atoms with van der Waals surface area (Å²) in [6, 6.07) is 10.0. The molecule has 28 heavy (non-hydrogen) atoms. The van der Waals surface area contributed by atoms with E-state index in [4.69, 9.17) is 0 Å². The molecule has 1 aliphatic carbocycles. The van der Waals surface area contributed by atoms with Gasteiger partial charge in [0.2, 0.25) is 0 Å². The lowest BCUT2D eigenvalue weighted by atomic mass is 9.82. The first-order chi connectivity index (χ1) is 13.5. The maximum absolute atomic E-state index is 13.2. The van der Waals surface area contributed by atoms with Crippen LogP contribution in [0.25, 0.3) is 0 Å². The van der Waals surface area contributed by atoms with Crippen LogP contribution >= 0.6 is 0 Å². The molecule has 0 spiro atoms. The topological polar surface area (TPSA) is 98.7 Å². The number of carbonyl (C=O) groups is 2. The predicted molar refractivity (Wildman–Crippen MR) is 109 cm³/mol. The van der Waals surface area contributed by atoms with E-state index in [1.54, 1.807) is 36.4 Å². The van der Waals surface area contributed by atoms with Crippen LogP contribution in [0.2, 0.25) is 0 Å². The molecular weight excluding hydrogens is 356 g/mol. The highest BCUT2D eigenvalue weighted by atomic mass is 16.3. The molecule has 0 saturated heterocycles. The van der Waals surface area contributed by atoms with Crippen molar-refractivity contribution in [3.05, 3.63) is 58.7 Å². The van der Waals surface area contributed by atoms with Gasteiger partial charge in [-0.3, -0.25) is 9.59 Å². The Kier molecular flexibility index (Phi) is 6.11. The zero-order chi connectivity index (χ0) is 20.3. The first-order valence-electron chi connectivity index (χ1n) is 9.72. The molecule has 0 aromatic heterocycles. The van der Waals surface area contributed by atoms with Crippen molar-refractivity contribution in [2.75, 3.05) is 10.6 Å². The van der Waals surface area contributed by atoms with E-state index in [-0.39, 0.29) is 22.7 Å². The van der Waals surface area contributed by atoms with Crippen molar-refractivity contribution in [3.8, 4) is 0 Å². The molecule has 0 bridgehead atoms. The second-order valence-corrected chi connectivity index (χ2v) is 7.01. The minimum Gasteiger partial charge on any atom is -0.374 e. The van der Waals surface area contributed by atoms with Crippen molar-refractivity contribution in [3.63, 3.8) is 0 Å². The number of ketones is 2. The van der Waals surface area contributed by atoms with Gasteiger partial charge in [-0.2, -0.15) is 0 Å². The monoisotopic (exact) mass is 382 g/mol. The van der Waals surface area contributed by atoms with E-state index in [0.29, 0.717) is 35.3 Å². The molecule has 3 rings (SSSR count). The van der Waals surface area contributed by atoms with Gasteiger partial charge < -0.3 is 20.8 Å². The third kappa shape index (κ3) is 3.79. The van der Waals surface area contributed by atoms with Crippen molar-refractivity contribution < 1.29 is 19.8 Å². The van der Waals surface area contributed by atoms with Gasteiger partial charge in [0.25, 0.3) is 0 Å². The average Bonchev–Trinajstić information content (AvgIpc) is 2.67. The standard InChI is InChI=1S/C22H26N2O4/c1-3-7-17(25)23-15-11-12-16(24-18(26)8-4-2)20-19(15)21(27)13-9-5-6-10-14(13)22(20)28/h5-6,9-12,17-18,23-26H,3-4,7-8H2,1-2H3. The number of carbonyl (C=O) groups excluding carboxylic acids is 2. The summed E-state index contributed by atoms with van der Waals surface area (Å²) in [5, 5.41) is 26.2. The molecule has 6 nitrogen and oxygen atoms in total. The first-order valence-corrected chi connectivity index (χ1v) is 9.72. The van der Waals surface area contributed by atoms with E-state index in [0.717, 1.165) is 12.8 Å². The van der Waals surface area contributed by atoms with E-state index in [2.05, 4.69) is 10.6 Å². The zero-order valence-corrected chi connectivity index (χ0v) is 16.2. The number of fused-ring (bicyclic) bond motifs is 2. The Morgan fingerprint density at radius 3 is 1.50 bits per heavy atom. The Morgan fingerprint density at radius 1 is 0.750 bits per heavy atom. The third-order valence-electron chi connectivity index (χ3n) is 4.84. The summed E-state index contributed by atoms with van der Waals surface area (Å²) in [6.45, 7) is 3.90. The molecule has 0 radical (unpaired) electrons. The number of hydrogen-bond donors (Lipinski definition) is 4. The zero-order valence-electron chi connectivity index (χ0n) is 16.2. The Morgan fingerprint density at radius 2 is 1.14 bits per heavy atom. The van der Waals surface area contributed by atoms with Gasteiger partial charge in [-0.25, -0.2) is 0 Å². The highest BCUT2D eigenvalue weighted by Crippen LogP contribution is 2.37. The van der Waals surface area contributed by atoms with Crippen molar-refractivity contribution >= 4 is 22.9 Å². The van der Waals surface area contributed by atoms with Crippen molar-refractivity contribution in [1.82, 2.24) is 0 Å². The molecule has 0 saturated carbocycles. The van der Waals surface area contributed by atoms with Crippen LogP contribution < -0.4 is 10.6 Å². The smallest absolute Gasteiger partial charge is 0.196 e. The van der Waals surface area contributed by atoms with Gasteiger partial charge in [0.1, 0.15) is 12.5 Å². The van der Waals surface area contributed by atoms with E-state index >= 15 is 0 Å². The van der Waals surface area contributed by atoms with Crippen LogP contribution in [0.5, 0.6) is 0 Å². The van der Waals surface area contributed by atoms with Crippen LogP contribution in [-0.2, 0) is 0 Å². The number of anilines is 2. The summed E-state index contributed by atoms with van der Waals surface area (Å²) in [6.07, 6.45) is 0.937. The van der Waals surface area contributed by atoms with Gasteiger partial charge in [0.15, 0.2) is 11.6 Å². The van der Waals surface area contributed by atoms with E-state index in [1.165, 1.54) is 0 Å². The summed E-state index contributed by atoms with van der Waals surface area (Å²) in [7, 11) is 0. The van der Waals surface area contributed by atoms with Gasteiger partial charge >= 0.3 is 0 Å².